The molecule has 124 valence electrons. The van der Waals surface area contributed by atoms with Crippen molar-refractivity contribution in [2.24, 2.45) is 16.7 Å². The number of rotatable bonds is 4. The molecule has 0 heterocycles. The molecule has 2 heteroatoms. The number of allylic oxidation sites excluding steroid dienone is 3. The zero-order chi connectivity index (χ0) is 16.8. The summed E-state index contributed by atoms with van der Waals surface area (Å²) in [6.07, 6.45) is 9.38. The maximum Gasteiger partial charge on any atom is 0.0797 e. The molecule has 2 aliphatic carbocycles. The van der Waals surface area contributed by atoms with Crippen LogP contribution in [0.1, 0.15) is 60.3 Å². The third kappa shape index (κ3) is 2.96. The highest BCUT2D eigenvalue weighted by Gasteiger charge is 2.47. The van der Waals surface area contributed by atoms with Crippen molar-refractivity contribution in [2.75, 3.05) is 0 Å². The van der Waals surface area contributed by atoms with Gasteiger partial charge in [0.25, 0.3) is 0 Å². The minimum Gasteiger partial charge on any atom is -0.389 e. The summed E-state index contributed by atoms with van der Waals surface area (Å²) in [6.45, 7) is 14.5. The van der Waals surface area contributed by atoms with Crippen molar-refractivity contribution in [2.45, 2.75) is 72.0 Å². The van der Waals surface area contributed by atoms with Crippen LogP contribution in [0.15, 0.2) is 36.0 Å². The molecule has 0 saturated carbocycles. The van der Waals surface area contributed by atoms with Crippen LogP contribution in [0.2, 0.25) is 0 Å². The molecule has 4 atom stereocenters. The van der Waals surface area contributed by atoms with Crippen LogP contribution in [0.5, 0.6) is 0 Å². The van der Waals surface area contributed by atoms with Gasteiger partial charge in [-0.05, 0) is 60.5 Å². The molecule has 0 spiro atoms. The summed E-state index contributed by atoms with van der Waals surface area (Å²) in [7, 11) is 0. The maximum atomic E-state index is 10.6. The van der Waals surface area contributed by atoms with Gasteiger partial charge in [0, 0.05) is 0 Å². The predicted molar refractivity (Wildman–Crippen MR) is 92.5 cm³/mol. The van der Waals surface area contributed by atoms with E-state index in [1.165, 1.54) is 11.1 Å². The zero-order valence-corrected chi connectivity index (χ0v) is 14.8. The van der Waals surface area contributed by atoms with Crippen molar-refractivity contribution < 1.29 is 10.2 Å². The van der Waals surface area contributed by atoms with Gasteiger partial charge in [-0.2, -0.15) is 0 Å². The first-order chi connectivity index (χ1) is 10.0. The third-order valence-corrected chi connectivity index (χ3v) is 6.20. The lowest BCUT2D eigenvalue weighted by Gasteiger charge is -2.50. The van der Waals surface area contributed by atoms with Gasteiger partial charge in [0.05, 0.1) is 11.7 Å². The number of aliphatic hydroxyl groups is 2. The first kappa shape index (κ1) is 17.5. The monoisotopic (exact) mass is 304 g/mol. The van der Waals surface area contributed by atoms with Gasteiger partial charge in [-0.1, -0.05) is 45.9 Å². The summed E-state index contributed by atoms with van der Waals surface area (Å²) >= 11 is 0. The average molecular weight is 304 g/mol. The molecule has 0 amide bonds. The minimum absolute atomic E-state index is 0.103. The lowest BCUT2D eigenvalue weighted by atomic mass is 9.55. The van der Waals surface area contributed by atoms with Gasteiger partial charge in [0.1, 0.15) is 0 Å². The van der Waals surface area contributed by atoms with Crippen molar-refractivity contribution in [3.8, 4) is 0 Å². The summed E-state index contributed by atoms with van der Waals surface area (Å²) in [5.41, 5.74) is 1.87. The maximum absolute atomic E-state index is 10.6. The Hall–Kier alpha value is -0.860. The predicted octanol–water partition coefficient (Wildman–Crippen LogP) is 4.39. The SMILES string of the molecule is C=C[C@](C)(O)CC[C@@]1(C)C2=CCCC(C)(C)C2=C[C@H](O)[C@H]1C. The quantitative estimate of drug-likeness (QED) is 0.756. The van der Waals surface area contributed by atoms with E-state index in [2.05, 4.69) is 46.4 Å². The fraction of sp³-hybridized carbons (Fsp3) is 0.700. The Labute approximate surface area is 135 Å². The zero-order valence-electron chi connectivity index (χ0n) is 14.8. The van der Waals surface area contributed by atoms with Crippen LogP contribution in [0, 0.1) is 16.7 Å². The van der Waals surface area contributed by atoms with Crippen molar-refractivity contribution in [1.29, 1.82) is 0 Å². The molecule has 0 unspecified atom stereocenters. The van der Waals surface area contributed by atoms with E-state index in [4.69, 9.17) is 0 Å². The van der Waals surface area contributed by atoms with Crippen LogP contribution < -0.4 is 0 Å². The number of hydrogen-bond acceptors (Lipinski definition) is 2. The van der Waals surface area contributed by atoms with E-state index in [-0.39, 0.29) is 16.7 Å². The van der Waals surface area contributed by atoms with Crippen molar-refractivity contribution in [3.63, 3.8) is 0 Å². The van der Waals surface area contributed by atoms with Crippen LogP contribution in [-0.4, -0.2) is 21.9 Å². The molecule has 2 nitrogen and oxygen atoms in total. The van der Waals surface area contributed by atoms with Crippen LogP contribution in [0.4, 0.5) is 0 Å². The highest BCUT2D eigenvalue weighted by molar-refractivity contribution is 5.46. The molecular formula is C20H32O2. The molecule has 0 aromatic rings. The Morgan fingerprint density at radius 2 is 2.00 bits per heavy atom. The highest BCUT2D eigenvalue weighted by Crippen LogP contribution is 2.55. The smallest absolute Gasteiger partial charge is 0.0797 e. The summed E-state index contributed by atoms with van der Waals surface area (Å²) in [6, 6.07) is 0. The lowest BCUT2D eigenvalue weighted by molar-refractivity contribution is 0.0409. The molecule has 0 aliphatic heterocycles. The van der Waals surface area contributed by atoms with Gasteiger partial charge in [-0.3, -0.25) is 0 Å². The highest BCUT2D eigenvalue weighted by atomic mass is 16.3. The van der Waals surface area contributed by atoms with Gasteiger partial charge < -0.3 is 10.2 Å². The molecule has 0 aromatic carbocycles. The molecule has 22 heavy (non-hydrogen) atoms. The first-order valence-electron chi connectivity index (χ1n) is 8.51. The second-order valence-corrected chi connectivity index (χ2v) is 8.38. The standard InChI is InChI=1S/C20H32O2/c1-7-19(5,22)11-12-20(6)14(2)17(21)13-16-15(20)9-8-10-18(16,3)4/h7,9,13-14,17,21-22H,1,8,10-12H2,2-6H3/t14-,17+,19+,20-/m1/s1. The van der Waals surface area contributed by atoms with Crippen molar-refractivity contribution >= 4 is 0 Å². The molecule has 0 aromatic heterocycles. The van der Waals surface area contributed by atoms with E-state index in [1.54, 1.807) is 6.08 Å². The average Bonchev–Trinajstić information content (AvgIpc) is 2.44. The van der Waals surface area contributed by atoms with Gasteiger partial charge in [-0.25, -0.2) is 0 Å². The summed E-state index contributed by atoms with van der Waals surface area (Å²) < 4.78 is 0. The minimum atomic E-state index is -0.847. The molecule has 0 bridgehead atoms. The molecule has 0 fully saturated rings. The molecular weight excluding hydrogens is 272 g/mol. The topological polar surface area (TPSA) is 40.5 Å². The van der Waals surface area contributed by atoms with E-state index in [0.717, 1.165) is 19.3 Å². The number of aliphatic hydroxyl groups excluding tert-OH is 1. The first-order valence-corrected chi connectivity index (χ1v) is 8.51. The van der Waals surface area contributed by atoms with E-state index in [1.807, 2.05) is 6.92 Å². The molecule has 2 N–H and O–H groups in total. The van der Waals surface area contributed by atoms with Crippen molar-refractivity contribution in [1.82, 2.24) is 0 Å². The van der Waals surface area contributed by atoms with Crippen LogP contribution >= 0.6 is 0 Å². The van der Waals surface area contributed by atoms with E-state index < -0.39 is 11.7 Å². The lowest BCUT2D eigenvalue weighted by Crippen LogP contribution is -2.43. The fourth-order valence-corrected chi connectivity index (χ4v) is 3.96. The summed E-state index contributed by atoms with van der Waals surface area (Å²) in [4.78, 5) is 0. The largest absolute Gasteiger partial charge is 0.389 e. The van der Waals surface area contributed by atoms with Gasteiger partial charge >= 0.3 is 0 Å². The van der Waals surface area contributed by atoms with E-state index in [9.17, 15) is 10.2 Å². The van der Waals surface area contributed by atoms with Crippen LogP contribution in [0.25, 0.3) is 0 Å². The molecule has 0 radical (unpaired) electrons. The number of fused-ring (bicyclic) bond motifs is 1. The van der Waals surface area contributed by atoms with E-state index >= 15 is 0 Å². The summed E-state index contributed by atoms with van der Waals surface area (Å²) in [5.74, 6) is 0.150. The Morgan fingerprint density at radius 1 is 1.36 bits per heavy atom. The van der Waals surface area contributed by atoms with Crippen molar-refractivity contribution in [3.05, 3.63) is 36.0 Å². The Morgan fingerprint density at radius 3 is 2.59 bits per heavy atom. The van der Waals surface area contributed by atoms with Gasteiger partial charge in [-0.15, -0.1) is 6.58 Å². The van der Waals surface area contributed by atoms with Crippen LogP contribution in [0.3, 0.4) is 0 Å². The third-order valence-electron chi connectivity index (χ3n) is 6.20. The van der Waals surface area contributed by atoms with E-state index in [0.29, 0.717) is 6.42 Å². The van der Waals surface area contributed by atoms with Gasteiger partial charge in [0.2, 0.25) is 0 Å². The molecule has 2 aliphatic rings. The second-order valence-electron chi connectivity index (χ2n) is 8.38. The molecule has 0 saturated heterocycles. The Kier molecular flexibility index (Phi) is 4.49. The fourth-order valence-electron chi connectivity index (χ4n) is 3.96. The Bertz CT molecular complexity index is 510. The normalized spacial score (nSPS) is 36.7. The summed E-state index contributed by atoms with van der Waals surface area (Å²) in [5, 5.41) is 20.9. The number of hydrogen-bond donors (Lipinski definition) is 2. The Balaban J connectivity index is 2.39. The van der Waals surface area contributed by atoms with Gasteiger partial charge in [0.15, 0.2) is 0 Å². The van der Waals surface area contributed by atoms with Crippen LogP contribution in [-0.2, 0) is 0 Å². The molecule has 2 rings (SSSR count). The second kappa shape index (κ2) is 5.65.